The van der Waals surface area contributed by atoms with Gasteiger partial charge in [-0.15, -0.1) is 0 Å². The van der Waals surface area contributed by atoms with Crippen LogP contribution in [0.25, 0.3) is 0 Å². The molecule has 0 N–H and O–H groups in total. The summed E-state index contributed by atoms with van der Waals surface area (Å²) in [6.07, 6.45) is 10.4. The van der Waals surface area contributed by atoms with Crippen molar-refractivity contribution in [1.82, 2.24) is 0 Å². The normalized spacial score (nSPS) is 34.4. The van der Waals surface area contributed by atoms with E-state index in [1.54, 1.807) is 38.5 Å². The lowest BCUT2D eigenvalue weighted by atomic mass is 9.82. The van der Waals surface area contributed by atoms with Crippen molar-refractivity contribution in [1.29, 1.82) is 0 Å². The Bertz CT molecular complexity index is 318. The number of hydrogen-bond acceptors (Lipinski definition) is 2. The van der Waals surface area contributed by atoms with Crippen molar-refractivity contribution in [3.8, 4) is 0 Å². The molecule has 2 bridgehead atoms. The molecule has 2 heteroatoms. The summed E-state index contributed by atoms with van der Waals surface area (Å²) in [4.78, 5) is 11.1. The van der Waals surface area contributed by atoms with Gasteiger partial charge in [-0.1, -0.05) is 13.3 Å². The van der Waals surface area contributed by atoms with Gasteiger partial charge in [0.25, 0.3) is 0 Å². The topological polar surface area (TPSA) is 26.3 Å². The molecule has 2 nitrogen and oxygen atoms in total. The lowest BCUT2D eigenvalue weighted by Crippen LogP contribution is -2.25. The molecule has 0 aromatic heterocycles. The van der Waals surface area contributed by atoms with Gasteiger partial charge < -0.3 is 4.74 Å². The fourth-order valence-corrected chi connectivity index (χ4v) is 4.49. The summed E-state index contributed by atoms with van der Waals surface area (Å²) in [7, 11) is 0. The number of ether oxygens (including phenoxy) is 1. The second kappa shape index (κ2) is 6.49. The van der Waals surface area contributed by atoms with Crippen molar-refractivity contribution in [2.24, 2.45) is 29.1 Å². The van der Waals surface area contributed by atoms with Crippen LogP contribution in [0.2, 0.25) is 0 Å². The van der Waals surface area contributed by atoms with Crippen LogP contribution in [0.3, 0.4) is 0 Å². The average molecular weight is 280 g/mol. The van der Waals surface area contributed by atoms with Crippen LogP contribution in [-0.2, 0) is 9.53 Å². The van der Waals surface area contributed by atoms with E-state index in [-0.39, 0.29) is 11.4 Å². The highest BCUT2D eigenvalue weighted by Crippen LogP contribution is 2.58. The molecular formula is C18H32O2. The number of fused-ring (bicyclic) bond motifs is 5. The Kier molecular flexibility index (Phi) is 5.14. The zero-order chi connectivity index (χ0) is 14.8. The second-order valence-electron chi connectivity index (χ2n) is 7.55. The summed E-state index contributed by atoms with van der Waals surface area (Å²) in [5, 5.41) is 0. The summed E-state index contributed by atoms with van der Waals surface area (Å²) in [6, 6.07) is 0. The first-order valence-electron chi connectivity index (χ1n) is 8.66. The molecule has 3 aliphatic rings. The van der Waals surface area contributed by atoms with Gasteiger partial charge in [0.2, 0.25) is 0 Å². The molecule has 20 heavy (non-hydrogen) atoms. The Morgan fingerprint density at radius 3 is 2.05 bits per heavy atom. The van der Waals surface area contributed by atoms with Gasteiger partial charge in [-0.05, 0) is 83.0 Å². The third-order valence-electron chi connectivity index (χ3n) is 6.06. The minimum atomic E-state index is -0.310. The maximum Gasteiger partial charge on any atom is 0.311 e. The van der Waals surface area contributed by atoms with Gasteiger partial charge in [0, 0.05) is 0 Å². The zero-order valence-corrected chi connectivity index (χ0v) is 13.8. The summed E-state index contributed by atoms with van der Waals surface area (Å²) >= 11 is 0. The van der Waals surface area contributed by atoms with Crippen LogP contribution in [-0.4, -0.2) is 12.6 Å². The van der Waals surface area contributed by atoms with Crippen LogP contribution >= 0.6 is 0 Å². The molecule has 0 spiro atoms. The lowest BCUT2D eigenvalue weighted by Gasteiger charge is -2.23. The number of carbonyl (C=O) groups is 1. The van der Waals surface area contributed by atoms with Crippen LogP contribution in [0.1, 0.15) is 72.6 Å². The summed E-state index contributed by atoms with van der Waals surface area (Å²) in [5.41, 5.74) is -0.310. The van der Waals surface area contributed by atoms with Crippen molar-refractivity contribution in [3.63, 3.8) is 0 Å². The molecule has 0 aromatic carbocycles. The van der Waals surface area contributed by atoms with E-state index in [1.165, 1.54) is 23.7 Å². The molecule has 0 saturated heterocycles. The van der Waals surface area contributed by atoms with E-state index in [0.717, 1.165) is 6.42 Å². The molecule has 0 amide bonds. The highest BCUT2D eigenvalue weighted by Gasteiger charge is 2.48. The van der Waals surface area contributed by atoms with Gasteiger partial charge in [-0.3, -0.25) is 4.79 Å². The quantitative estimate of drug-likeness (QED) is 0.693. The molecular weight excluding hydrogens is 248 g/mol. The lowest BCUT2D eigenvalue weighted by molar-refractivity contribution is -0.153. The largest absolute Gasteiger partial charge is 0.466 e. The first-order chi connectivity index (χ1) is 9.49. The average Bonchev–Trinajstić information content (AvgIpc) is 3.13. The number of carbonyl (C=O) groups excluding carboxylic acids is 1. The highest BCUT2D eigenvalue weighted by atomic mass is 16.5. The minimum absolute atomic E-state index is 0.0995. The number of rotatable bonds is 3. The third kappa shape index (κ3) is 3.20. The third-order valence-corrected chi connectivity index (χ3v) is 6.06. The summed E-state index contributed by atoms with van der Waals surface area (Å²) < 4.78 is 4.86. The Balaban J connectivity index is 0.000000147. The summed E-state index contributed by atoms with van der Waals surface area (Å²) in [5.74, 6) is 4.70. The van der Waals surface area contributed by atoms with Gasteiger partial charge in [-0.25, -0.2) is 0 Å². The fraction of sp³-hybridized carbons (Fsp3) is 0.944. The van der Waals surface area contributed by atoms with Crippen molar-refractivity contribution in [2.75, 3.05) is 6.61 Å². The monoisotopic (exact) mass is 280 g/mol. The minimum Gasteiger partial charge on any atom is -0.466 e. The van der Waals surface area contributed by atoms with E-state index in [0.29, 0.717) is 6.61 Å². The van der Waals surface area contributed by atoms with Crippen molar-refractivity contribution in [2.45, 2.75) is 72.6 Å². The molecule has 0 radical (unpaired) electrons. The zero-order valence-electron chi connectivity index (χ0n) is 13.8. The predicted octanol–water partition coefficient (Wildman–Crippen LogP) is 4.82. The molecule has 3 rings (SSSR count). The van der Waals surface area contributed by atoms with Crippen LogP contribution in [0.5, 0.6) is 0 Å². The Labute approximate surface area is 124 Å². The molecule has 3 aliphatic carbocycles. The van der Waals surface area contributed by atoms with Gasteiger partial charge in [0.1, 0.15) is 0 Å². The first kappa shape index (κ1) is 15.9. The molecule has 0 aliphatic heterocycles. The van der Waals surface area contributed by atoms with E-state index < -0.39 is 0 Å². The molecule has 0 heterocycles. The number of hydrogen-bond donors (Lipinski definition) is 0. The van der Waals surface area contributed by atoms with Crippen molar-refractivity contribution in [3.05, 3.63) is 0 Å². The van der Waals surface area contributed by atoms with Crippen LogP contribution in [0.15, 0.2) is 0 Å². The van der Waals surface area contributed by atoms with Crippen LogP contribution in [0.4, 0.5) is 0 Å². The SMILES string of the molecule is C1CC2C3CCC(C3)C2C1.CCOC(=O)C(C)(C)CC. The van der Waals surface area contributed by atoms with Gasteiger partial charge in [0.15, 0.2) is 0 Å². The number of esters is 1. The molecule has 3 fully saturated rings. The highest BCUT2D eigenvalue weighted by molar-refractivity contribution is 5.75. The van der Waals surface area contributed by atoms with Crippen molar-refractivity contribution >= 4 is 5.97 Å². The standard InChI is InChI=1S/C10H16.C8H16O2/c1-2-9-7-4-5-8(6-7)10(9)3-1;1-5-8(3,4)7(9)10-6-2/h7-10H,1-6H2;5-6H2,1-4H3. The Hall–Kier alpha value is -0.530. The fourth-order valence-electron chi connectivity index (χ4n) is 4.49. The van der Waals surface area contributed by atoms with Gasteiger partial charge >= 0.3 is 5.97 Å². The predicted molar refractivity (Wildman–Crippen MR) is 82.4 cm³/mol. The van der Waals surface area contributed by atoms with Gasteiger partial charge in [0.05, 0.1) is 12.0 Å². The molecule has 4 atom stereocenters. The smallest absolute Gasteiger partial charge is 0.311 e. The van der Waals surface area contributed by atoms with Gasteiger partial charge in [-0.2, -0.15) is 0 Å². The van der Waals surface area contributed by atoms with E-state index in [4.69, 9.17) is 4.74 Å². The Morgan fingerprint density at radius 2 is 1.60 bits per heavy atom. The van der Waals surface area contributed by atoms with E-state index in [2.05, 4.69) is 0 Å². The maximum absolute atomic E-state index is 11.1. The Morgan fingerprint density at radius 1 is 1.05 bits per heavy atom. The van der Waals surface area contributed by atoms with Crippen molar-refractivity contribution < 1.29 is 9.53 Å². The summed E-state index contributed by atoms with van der Waals surface area (Å²) in [6.45, 7) is 8.07. The second-order valence-corrected chi connectivity index (χ2v) is 7.55. The molecule has 3 saturated carbocycles. The van der Waals surface area contributed by atoms with E-state index >= 15 is 0 Å². The van der Waals surface area contributed by atoms with E-state index in [1.807, 2.05) is 27.7 Å². The maximum atomic E-state index is 11.1. The van der Waals surface area contributed by atoms with E-state index in [9.17, 15) is 4.79 Å². The first-order valence-corrected chi connectivity index (χ1v) is 8.66. The molecule has 0 aromatic rings. The molecule has 4 unspecified atom stereocenters. The molecule has 116 valence electrons. The van der Waals surface area contributed by atoms with Crippen LogP contribution < -0.4 is 0 Å². The van der Waals surface area contributed by atoms with Crippen LogP contribution in [0, 0.1) is 29.1 Å².